The molecule has 1 fully saturated rings. The van der Waals surface area contributed by atoms with Crippen molar-refractivity contribution in [3.05, 3.63) is 125 Å². The van der Waals surface area contributed by atoms with Crippen LogP contribution in [0.3, 0.4) is 0 Å². The summed E-state index contributed by atoms with van der Waals surface area (Å²) in [4.78, 5) is 28.8. The fourth-order valence-corrected chi connectivity index (χ4v) is 5.94. The number of aliphatic hydroxyl groups excluding tert-OH is 1. The van der Waals surface area contributed by atoms with E-state index in [1.807, 2.05) is 66.7 Å². The number of amides is 1. The van der Waals surface area contributed by atoms with Crippen LogP contribution in [0.4, 0.5) is 5.69 Å². The number of aliphatic hydroxyl groups is 1. The maximum absolute atomic E-state index is 12.7. The molecule has 1 aliphatic heterocycles. The minimum absolute atomic E-state index is 0.00833. The van der Waals surface area contributed by atoms with Crippen LogP contribution in [0.15, 0.2) is 102 Å². The van der Waals surface area contributed by atoms with Gasteiger partial charge in [0.2, 0.25) is 5.91 Å². The van der Waals surface area contributed by atoms with Crippen LogP contribution in [0.2, 0.25) is 0 Å². The summed E-state index contributed by atoms with van der Waals surface area (Å²) in [5.74, 6) is 0.569. The quantitative estimate of drug-likeness (QED) is 0.162. The molecule has 2 N–H and O–H groups in total. The van der Waals surface area contributed by atoms with E-state index in [-0.39, 0.29) is 42.8 Å². The Kier molecular flexibility index (Phi) is 9.81. The number of hydrogen-bond acceptors (Lipinski definition) is 7. The van der Waals surface area contributed by atoms with Crippen LogP contribution >= 0.6 is 11.8 Å². The van der Waals surface area contributed by atoms with Crippen LogP contribution in [0.25, 0.3) is 0 Å². The molecular formula is C34H34N2O5S. The Labute approximate surface area is 250 Å². The van der Waals surface area contributed by atoms with Crippen molar-refractivity contribution in [2.45, 2.75) is 50.4 Å². The second kappa shape index (κ2) is 13.9. The number of hydrogen-bond donors (Lipinski definition) is 2. The Morgan fingerprint density at radius 3 is 2.33 bits per heavy atom. The van der Waals surface area contributed by atoms with E-state index >= 15 is 0 Å². The van der Waals surface area contributed by atoms with Gasteiger partial charge in [-0.25, -0.2) is 4.98 Å². The summed E-state index contributed by atoms with van der Waals surface area (Å²) in [6, 6.07) is 28.3. The molecule has 1 unspecified atom stereocenters. The smallest absolute Gasteiger partial charge is 0.228 e. The number of aromatic nitrogens is 1. The van der Waals surface area contributed by atoms with Gasteiger partial charge in [-0.15, -0.1) is 11.8 Å². The van der Waals surface area contributed by atoms with E-state index in [0.29, 0.717) is 17.0 Å². The van der Waals surface area contributed by atoms with Gasteiger partial charge in [-0.05, 0) is 47.9 Å². The summed E-state index contributed by atoms with van der Waals surface area (Å²) in [6.07, 6.45) is 1.08. The normalized spacial score (nSPS) is 20.2. The SMILES string of the molecule is CC(=O)c1cccc(NC(=O)Cc2ccc(C3O[C@H](CSc4ccccn4)[C@H](C)[C@H](c4ccc(CO)cc4)O3)cc2)c1. The average Bonchev–Trinajstić information content (AvgIpc) is 3.01. The standard InChI is InChI=1S/C34H34N2O5S/c1-22-30(21-42-32-8-3-4-17-35-32)40-34(41-33(22)26-13-11-25(20-37)12-14-26)27-15-9-24(10-16-27)18-31(39)36-29-7-5-6-28(19-29)23(2)38/h3-17,19,22,30,33-34,37H,18,20-21H2,1-2H3,(H,36,39)/t22-,30+,33+,34?/m0/s1. The molecule has 7 nitrogen and oxygen atoms in total. The first-order valence-corrected chi connectivity index (χ1v) is 14.9. The maximum atomic E-state index is 12.7. The first-order chi connectivity index (χ1) is 20.4. The molecule has 1 saturated heterocycles. The van der Waals surface area contributed by atoms with E-state index in [1.165, 1.54) is 6.92 Å². The molecule has 4 aromatic rings. The molecule has 0 aliphatic carbocycles. The third-order valence-corrected chi connectivity index (χ3v) is 8.36. The first-order valence-electron chi connectivity index (χ1n) is 13.9. The first kappa shape index (κ1) is 29.7. The number of nitrogens with zero attached hydrogens (tertiary/aromatic N) is 1. The van der Waals surface area contributed by atoms with Gasteiger partial charge in [0.05, 0.1) is 30.3 Å². The number of carbonyl (C=O) groups is 2. The molecule has 4 atom stereocenters. The topological polar surface area (TPSA) is 97.8 Å². The van der Waals surface area contributed by atoms with Gasteiger partial charge >= 0.3 is 0 Å². The number of benzene rings is 3. The minimum Gasteiger partial charge on any atom is -0.392 e. The monoisotopic (exact) mass is 582 g/mol. The third kappa shape index (κ3) is 7.52. The molecule has 1 aliphatic rings. The lowest BCUT2D eigenvalue weighted by molar-refractivity contribution is -0.268. The number of carbonyl (C=O) groups excluding carboxylic acids is 2. The highest BCUT2D eigenvalue weighted by Gasteiger charge is 2.38. The van der Waals surface area contributed by atoms with Crippen LogP contribution in [0.1, 0.15) is 58.9 Å². The summed E-state index contributed by atoms with van der Waals surface area (Å²) >= 11 is 1.66. The molecule has 0 spiro atoms. The second-order valence-electron chi connectivity index (χ2n) is 10.4. The molecule has 0 radical (unpaired) electrons. The van der Waals surface area contributed by atoms with Gasteiger partial charge in [0, 0.05) is 34.7 Å². The predicted molar refractivity (Wildman–Crippen MR) is 163 cm³/mol. The molecule has 42 heavy (non-hydrogen) atoms. The number of ether oxygens (including phenoxy) is 2. The summed E-state index contributed by atoms with van der Waals surface area (Å²) in [7, 11) is 0. The largest absolute Gasteiger partial charge is 0.392 e. The molecule has 1 aromatic heterocycles. The van der Waals surface area contributed by atoms with Crippen LogP contribution in [0, 0.1) is 5.92 Å². The fraction of sp³-hybridized carbons (Fsp3) is 0.265. The summed E-state index contributed by atoms with van der Waals surface area (Å²) in [5, 5.41) is 13.3. The summed E-state index contributed by atoms with van der Waals surface area (Å²) < 4.78 is 13.1. The molecular weight excluding hydrogens is 548 g/mol. The fourth-order valence-electron chi connectivity index (χ4n) is 4.91. The Morgan fingerprint density at radius 1 is 0.905 bits per heavy atom. The van der Waals surface area contributed by atoms with Crippen molar-refractivity contribution in [2.24, 2.45) is 5.92 Å². The summed E-state index contributed by atoms with van der Waals surface area (Å²) in [6.45, 7) is 3.63. The lowest BCUT2D eigenvalue weighted by Crippen LogP contribution is -2.38. The maximum Gasteiger partial charge on any atom is 0.228 e. The Balaban J connectivity index is 1.29. The number of nitrogens with one attached hydrogen (secondary N) is 1. The van der Waals surface area contributed by atoms with Gasteiger partial charge < -0.3 is 19.9 Å². The van der Waals surface area contributed by atoms with E-state index < -0.39 is 6.29 Å². The van der Waals surface area contributed by atoms with E-state index in [0.717, 1.165) is 27.3 Å². The van der Waals surface area contributed by atoms with E-state index in [4.69, 9.17) is 9.47 Å². The highest BCUT2D eigenvalue weighted by atomic mass is 32.2. The van der Waals surface area contributed by atoms with Gasteiger partial charge in [-0.1, -0.05) is 73.7 Å². The highest BCUT2D eigenvalue weighted by molar-refractivity contribution is 7.99. The van der Waals surface area contributed by atoms with Crippen molar-refractivity contribution >= 4 is 29.1 Å². The predicted octanol–water partition coefficient (Wildman–Crippen LogP) is 6.54. The lowest BCUT2D eigenvalue weighted by Gasteiger charge is -2.41. The van der Waals surface area contributed by atoms with Gasteiger partial charge in [0.1, 0.15) is 0 Å². The zero-order chi connectivity index (χ0) is 29.5. The van der Waals surface area contributed by atoms with Crippen LogP contribution in [-0.4, -0.2) is 33.6 Å². The van der Waals surface area contributed by atoms with Crippen LogP contribution in [0.5, 0.6) is 0 Å². The number of rotatable bonds is 10. The Morgan fingerprint density at radius 2 is 1.64 bits per heavy atom. The summed E-state index contributed by atoms with van der Waals surface area (Å²) in [5.41, 5.74) is 4.74. The van der Waals surface area contributed by atoms with Gasteiger partial charge in [-0.3, -0.25) is 9.59 Å². The van der Waals surface area contributed by atoms with E-state index in [9.17, 15) is 14.7 Å². The number of anilines is 1. The molecule has 2 heterocycles. The molecule has 0 bridgehead atoms. The van der Waals surface area contributed by atoms with Crippen molar-refractivity contribution in [3.8, 4) is 0 Å². The molecule has 3 aromatic carbocycles. The van der Waals surface area contributed by atoms with Crippen molar-refractivity contribution in [1.82, 2.24) is 4.98 Å². The zero-order valence-corrected chi connectivity index (χ0v) is 24.4. The number of pyridine rings is 1. The lowest BCUT2D eigenvalue weighted by atomic mass is 9.91. The highest BCUT2D eigenvalue weighted by Crippen LogP contribution is 2.43. The zero-order valence-electron chi connectivity index (χ0n) is 23.6. The Bertz CT molecular complexity index is 1490. The molecule has 216 valence electrons. The van der Waals surface area contributed by atoms with Crippen LogP contribution < -0.4 is 5.32 Å². The van der Waals surface area contributed by atoms with E-state index in [1.54, 1.807) is 42.2 Å². The average molecular weight is 583 g/mol. The van der Waals surface area contributed by atoms with Crippen molar-refractivity contribution < 1.29 is 24.2 Å². The molecule has 0 saturated carbocycles. The molecule has 5 rings (SSSR count). The second-order valence-corrected chi connectivity index (χ2v) is 11.4. The van der Waals surface area contributed by atoms with Crippen molar-refractivity contribution in [1.29, 1.82) is 0 Å². The third-order valence-electron chi connectivity index (χ3n) is 7.33. The molecule has 8 heteroatoms. The van der Waals surface area contributed by atoms with E-state index in [2.05, 4.69) is 17.2 Å². The molecule has 1 amide bonds. The minimum atomic E-state index is -0.588. The van der Waals surface area contributed by atoms with Crippen LogP contribution in [-0.2, 0) is 27.3 Å². The number of thioether (sulfide) groups is 1. The number of ketones is 1. The van der Waals surface area contributed by atoms with Gasteiger partial charge in [0.15, 0.2) is 12.1 Å². The van der Waals surface area contributed by atoms with Crippen molar-refractivity contribution in [3.63, 3.8) is 0 Å². The van der Waals surface area contributed by atoms with Crippen molar-refractivity contribution in [2.75, 3.05) is 11.1 Å². The van der Waals surface area contributed by atoms with Gasteiger partial charge in [0.25, 0.3) is 0 Å². The Hall–Kier alpha value is -3.82. The number of Topliss-reactive ketones (excluding diaryl/α,β-unsaturated/α-hetero) is 1. The van der Waals surface area contributed by atoms with Gasteiger partial charge in [-0.2, -0.15) is 0 Å².